The van der Waals surface area contributed by atoms with Crippen molar-refractivity contribution >= 4 is 5.91 Å². The third kappa shape index (κ3) is 2.01. The summed E-state index contributed by atoms with van der Waals surface area (Å²) in [6.07, 6.45) is 3.81. The van der Waals surface area contributed by atoms with E-state index in [4.69, 9.17) is 0 Å². The molecule has 1 aliphatic rings. The van der Waals surface area contributed by atoms with Crippen LogP contribution in [-0.2, 0) is 12.8 Å². The highest BCUT2D eigenvalue weighted by Gasteiger charge is 2.17. The molecule has 0 aliphatic heterocycles. The van der Waals surface area contributed by atoms with Crippen LogP contribution < -0.4 is 10.9 Å². The van der Waals surface area contributed by atoms with Crippen molar-refractivity contribution in [3.05, 3.63) is 33.2 Å². The highest BCUT2D eigenvalue weighted by molar-refractivity contribution is 5.94. The van der Waals surface area contributed by atoms with Crippen LogP contribution in [0.15, 0.2) is 10.9 Å². The van der Waals surface area contributed by atoms with Gasteiger partial charge >= 0.3 is 0 Å². The molecule has 4 heteroatoms. The molecular formula is C12H16N2O2. The van der Waals surface area contributed by atoms with Gasteiger partial charge in [0.2, 0.25) is 0 Å². The van der Waals surface area contributed by atoms with Crippen LogP contribution in [0.4, 0.5) is 0 Å². The number of aryl methyl sites for hydroxylation is 2. The number of hydrogen-bond acceptors (Lipinski definition) is 2. The molecule has 2 N–H and O–H groups in total. The minimum absolute atomic E-state index is 0.245. The first-order chi connectivity index (χ1) is 7.72. The molecule has 1 heterocycles. The van der Waals surface area contributed by atoms with Gasteiger partial charge in [-0.1, -0.05) is 6.92 Å². The standard InChI is InChI=1S/C12H16N2O2/c1-2-6-13-11(15)9-7-8-4-3-5-10(8)14-12(9)16/h7H,2-6H2,1H3,(H,13,15)(H,14,16). The second kappa shape index (κ2) is 4.51. The summed E-state index contributed by atoms with van der Waals surface area (Å²) in [4.78, 5) is 26.2. The second-order valence-electron chi connectivity index (χ2n) is 4.13. The molecule has 1 aromatic heterocycles. The Bertz CT molecular complexity index is 463. The first kappa shape index (κ1) is 10.9. The monoisotopic (exact) mass is 220 g/mol. The summed E-state index contributed by atoms with van der Waals surface area (Å²) in [6.45, 7) is 2.59. The lowest BCUT2D eigenvalue weighted by Crippen LogP contribution is -2.30. The molecule has 0 spiro atoms. The first-order valence-corrected chi connectivity index (χ1v) is 5.75. The quantitative estimate of drug-likeness (QED) is 0.798. The van der Waals surface area contributed by atoms with Gasteiger partial charge in [-0.2, -0.15) is 0 Å². The van der Waals surface area contributed by atoms with Crippen LogP contribution >= 0.6 is 0 Å². The number of pyridine rings is 1. The fourth-order valence-electron chi connectivity index (χ4n) is 2.02. The lowest BCUT2D eigenvalue weighted by Gasteiger charge is -2.05. The average molecular weight is 220 g/mol. The zero-order valence-electron chi connectivity index (χ0n) is 9.43. The van der Waals surface area contributed by atoms with E-state index in [1.54, 1.807) is 6.07 Å². The number of carbonyl (C=O) groups is 1. The summed E-state index contributed by atoms with van der Waals surface area (Å²) in [5.74, 6) is -0.266. The van der Waals surface area contributed by atoms with Gasteiger partial charge in [-0.05, 0) is 37.3 Å². The van der Waals surface area contributed by atoms with E-state index >= 15 is 0 Å². The number of amides is 1. The van der Waals surface area contributed by atoms with Gasteiger partial charge in [-0.15, -0.1) is 0 Å². The van der Waals surface area contributed by atoms with E-state index in [1.807, 2.05) is 6.92 Å². The molecule has 0 bridgehead atoms. The molecule has 0 radical (unpaired) electrons. The predicted molar refractivity (Wildman–Crippen MR) is 61.7 cm³/mol. The number of aromatic amines is 1. The van der Waals surface area contributed by atoms with Gasteiger partial charge < -0.3 is 10.3 Å². The largest absolute Gasteiger partial charge is 0.352 e. The fourth-order valence-corrected chi connectivity index (χ4v) is 2.02. The summed E-state index contributed by atoms with van der Waals surface area (Å²) in [5.41, 5.74) is 2.08. The van der Waals surface area contributed by atoms with Gasteiger partial charge in [0.1, 0.15) is 5.56 Å². The molecule has 1 aromatic rings. The smallest absolute Gasteiger partial charge is 0.261 e. The number of H-pyrrole nitrogens is 1. The normalized spacial score (nSPS) is 13.6. The van der Waals surface area contributed by atoms with Crippen LogP contribution in [0.5, 0.6) is 0 Å². The van der Waals surface area contributed by atoms with E-state index in [-0.39, 0.29) is 17.0 Å². The Morgan fingerprint density at radius 1 is 1.50 bits per heavy atom. The number of fused-ring (bicyclic) bond motifs is 1. The van der Waals surface area contributed by atoms with Crippen LogP contribution in [0.2, 0.25) is 0 Å². The van der Waals surface area contributed by atoms with Crippen molar-refractivity contribution in [2.45, 2.75) is 32.6 Å². The van der Waals surface area contributed by atoms with E-state index in [0.29, 0.717) is 6.54 Å². The van der Waals surface area contributed by atoms with Gasteiger partial charge in [0, 0.05) is 12.2 Å². The molecule has 0 saturated carbocycles. The Morgan fingerprint density at radius 3 is 3.06 bits per heavy atom. The molecule has 0 unspecified atom stereocenters. The Balaban J connectivity index is 2.28. The zero-order valence-corrected chi connectivity index (χ0v) is 9.43. The number of rotatable bonds is 3. The van der Waals surface area contributed by atoms with E-state index < -0.39 is 0 Å². The predicted octanol–water partition coefficient (Wildman–Crippen LogP) is 1.00. The van der Waals surface area contributed by atoms with Crippen LogP contribution in [0.25, 0.3) is 0 Å². The maximum Gasteiger partial charge on any atom is 0.261 e. The first-order valence-electron chi connectivity index (χ1n) is 5.75. The van der Waals surface area contributed by atoms with Crippen LogP contribution in [-0.4, -0.2) is 17.4 Å². The molecule has 0 aromatic carbocycles. The van der Waals surface area contributed by atoms with E-state index in [2.05, 4.69) is 10.3 Å². The minimum atomic E-state index is -0.269. The van der Waals surface area contributed by atoms with Crippen LogP contribution in [0, 0.1) is 0 Å². The molecule has 86 valence electrons. The number of aromatic nitrogens is 1. The van der Waals surface area contributed by atoms with Crippen LogP contribution in [0.3, 0.4) is 0 Å². The Morgan fingerprint density at radius 2 is 2.31 bits per heavy atom. The van der Waals surface area contributed by atoms with Gasteiger partial charge in [0.15, 0.2) is 0 Å². The van der Waals surface area contributed by atoms with E-state index in [0.717, 1.165) is 36.9 Å². The molecule has 16 heavy (non-hydrogen) atoms. The van der Waals surface area contributed by atoms with Gasteiger partial charge in [0.05, 0.1) is 0 Å². The van der Waals surface area contributed by atoms with Crippen molar-refractivity contribution in [2.75, 3.05) is 6.54 Å². The van der Waals surface area contributed by atoms with Crippen molar-refractivity contribution in [1.82, 2.24) is 10.3 Å². The highest BCUT2D eigenvalue weighted by Crippen LogP contribution is 2.18. The second-order valence-corrected chi connectivity index (χ2v) is 4.13. The summed E-state index contributed by atoms with van der Waals surface area (Å²) in [6, 6.07) is 1.74. The minimum Gasteiger partial charge on any atom is -0.352 e. The van der Waals surface area contributed by atoms with Crippen LogP contribution in [0.1, 0.15) is 41.4 Å². The van der Waals surface area contributed by atoms with Crippen molar-refractivity contribution in [3.8, 4) is 0 Å². The summed E-state index contributed by atoms with van der Waals surface area (Å²) < 4.78 is 0. The van der Waals surface area contributed by atoms with Gasteiger partial charge in [0.25, 0.3) is 11.5 Å². The van der Waals surface area contributed by atoms with Gasteiger partial charge in [-0.25, -0.2) is 0 Å². The molecule has 2 rings (SSSR count). The third-order valence-corrected chi connectivity index (χ3v) is 2.87. The number of hydrogen-bond donors (Lipinski definition) is 2. The third-order valence-electron chi connectivity index (χ3n) is 2.87. The van der Waals surface area contributed by atoms with Crippen molar-refractivity contribution in [1.29, 1.82) is 0 Å². The van der Waals surface area contributed by atoms with Gasteiger partial charge in [-0.3, -0.25) is 9.59 Å². The maximum absolute atomic E-state index is 11.7. The van der Waals surface area contributed by atoms with Crippen molar-refractivity contribution < 1.29 is 4.79 Å². The average Bonchev–Trinajstić information content (AvgIpc) is 2.71. The highest BCUT2D eigenvalue weighted by atomic mass is 16.2. The zero-order chi connectivity index (χ0) is 11.5. The Labute approximate surface area is 94.1 Å². The molecule has 0 atom stereocenters. The summed E-state index contributed by atoms with van der Waals surface area (Å²) in [5, 5.41) is 2.72. The van der Waals surface area contributed by atoms with E-state index in [1.165, 1.54) is 0 Å². The molecule has 1 amide bonds. The SMILES string of the molecule is CCCNC(=O)c1cc2c([nH]c1=O)CCC2. The molecule has 4 nitrogen and oxygen atoms in total. The summed E-state index contributed by atoms with van der Waals surface area (Å²) in [7, 11) is 0. The molecular weight excluding hydrogens is 204 g/mol. The maximum atomic E-state index is 11.7. The number of carbonyl (C=O) groups excluding carboxylic acids is 1. The fraction of sp³-hybridized carbons (Fsp3) is 0.500. The topological polar surface area (TPSA) is 62.0 Å². The summed E-state index contributed by atoms with van der Waals surface area (Å²) >= 11 is 0. The van der Waals surface area contributed by atoms with E-state index in [9.17, 15) is 9.59 Å². The number of nitrogens with one attached hydrogen (secondary N) is 2. The lowest BCUT2D eigenvalue weighted by molar-refractivity contribution is 0.0952. The molecule has 0 fully saturated rings. The Kier molecular flexibility index (Phi) is 3.08. The Hall–Kier alpha value is -1.58. The molecule has 1 aliphatic carbocycles. The van der Waals surface area contributed by atoms with Crippen molar-refractivity contribution in [3.63, 3.8) is 0 Å². The lowest BCUT2D eigenvalue weighted by atomic mass is 10.1. The van der Waals surface area contributed by atoms with Crippen molar-refractivity contribution in [2.24, 2.45) is 0 Å². The molecule has 0 saturated heterocycles.